The van der Waals surface area contributed by atoms with Gasteiger partial charge in [-0.2, -0.15) is 0 Å². The monoisotopic (exact) mass is 213 g/mol. The van der Waals surface area contributed by atoms with E-state index in [0.717, 1.165) is 19.4 Å². The number of carbonyl (C=O) groups excluding carboxylic acids is 2. The molecule has 0 unspecified atom stereocenters. The second kappa shape index (κ2) is 6.43. The van der Waals surface area contributed by atoms with Crippen LogP contribution < -0.4 is 0 Å². The van der Waals surface area contributed by atoms with Gasteiger partial charge in [0.2, 0.25) is 5.91 Å². The highest BCUT2D eigenvalue weighted by Gasteiger charge is 2.17. The van der Waals surface area contributed by atoms with Crippen LogP contribution in [-0.4, -0.2) is 36.5 Å². The van der Waals surface area contributed by atoms with Crippen LogP contribution >= 0.6 is 0 Å². The molecule has 1 heterocycles. The van der Waals surface area contributed by atoms with Gasteiger partial charge in [-0.3, -0.25) is 9.59 Å². The highest BCUT2D eigenvalue weighted by Crippen LogP contribution is 2.11. The van der Waals surface area contributed by atoms with Crippen LogP contribution in [0.2, 0.25) is 0 Å². The van der Waals surface area contributed by atoms with E-state index in [1.54, 1.807) is 6.92 Å². The Morgan fingerprint density at radius 3 is 2.93 bits per heavy atom. The molecule has 86 valence electrons. The number of esters is 1. The normalized spacial score (nSPS) is 16.6. The quantitative estimate of drug-likeness (QED) is 0.647. The van der Waals surface area contributed by atoms with Crippen molar-refractivity contribution in [2.24, 2.45) is 0 Å². The molecule has 0 aromatic carbocycles. The van der Waals surface area contributed by atoms with Crippen LogP contribution in [0.5, 0.6) is 0 Å². The van der Waals surface area contributed by atoms with Crippen molar-refractivity contribution in [1.82, 2.24) is 4.90 Å². The highest BCUT2D eigenvalue weighted by atomic mass is 16.5. The molecular weight excluding hydrogens is 194 g/mol. The van der Waals surface area contributed by atoms with Crippen molar-refractivity contribution >= 4 is 11.9 Å². The summed E-state index contributed by atoms with van der Waals surface area (Å²) in [4.78, 5) is 24.3. The number of likely N-dealkylation sites (tertiary alicyclic amines) is 1. The van der Waals surface area contributed by atoms with Gasteiger partial charge in [0.25, 0.3) is 0 Å². The van der Waals surface area contributed by atoms with Crippen molar-refractivity contribution in [3.8, 4) is 0 Å². The minimum absolute atomic E-state index is 0.165. The van der Waals surface area contributed by atoms with Gasteiger partial charge in [0.1, 0.15) is 0 Å². The largest absolute Gasteiger partial charge is 0.466 e. The molecule has 0 radical (unpaired) electrons. The SMILES string of the molecule is CCOC(=O)CCCN1CCCCC1=O. The summed E-state index contributed by atoms with van der Waals surface area (Å²) in [5.74, 6) is 0.0621. The smallest absolute Gasteiger partial charge is 0.305 e. The third-order valence-electron chi connectivity index (χ3n) is 2.54. The molecule has 1 rings (SSSR count). The summed E-state index contributed by atoms with van der Waals surface area (Å²) < 4.78 is 4.82. The van der Waals surface area contributed by atoms with Gasteiger partial charge in [0.15, 0.2) is 0 Å². The molecule has 0 aromatic rings. The molecule has 0 aliphatic carbocycles. The Bertz CT molecular complexity index is 228. The Morgan fingerprint density at radius 1 is 1.47 bits per heavy atom. The Kier molecular flexibility index (Phi) is 5.15. The minimum atomic E-state index is -0.165. The van der Waals surface area contributed by atoms with Crippen LogP contribution in [0, 0.1) is 0 Å². The molecule has 0 atom stereocenters. The molecule has 0 aromatic heterocycles. The van der Waals surface area contributed by atoms with Crippen LogP contribution in [0.1, 0.15) is 39.0 Å². The van der Waals surface area contributed by atoms with Gasteiger partial charge in [0, 0.05) is 25.9 Å². The predicted octanol–water partition coefficient (Wildman–Crippen LogP) is 1.34. The summed E-state index contributed by atoms with van der Waals surface area (Å²) in [7, 11) is 0. The Balaban J connectivity index is 2.13. The minimum Gasteiger partial charge on any atom is -0.466 e. The summed E-state index contributed by atoms with van der Waals surface area (Å²) >= 11 is 0. The molecule has 1 fully saturated rings. The zero-order valence-corrected chi connectivity index (χ0v) is 9.33. The zero-order valence-electron chi connectivity index (χ0n) is 9.33. The third kappa shape index (κ3) is 4.32. The number of hydrogen-bond donors (Lipinski definition) is 0. The van der Waals surface area contributed by atoms with Crippen molar-refractivity contribution in [2.75, 3.05) is 19.7 Å². The molecule has 1 aliphatic rings. The van der Waals surface area contributed by atoms with Crippen LogP contribution in [0.15, 0.2) is 0 Å². The van der Waals surface area contributed by atoms with E-state index in [1.165, 1.54) is 0 Å². The predicted molar refractivity (Wildman–Crippen MR) is 56.3 cm³/mol. The Morgan fingerprint density at radius 2 is 2.27 bits per heavy atom. The number of nitrogens with zero attached hydrogens (tertiary/aromatic N) is 1. The lowest BCUT2D eigenvalue weighted by atomic mass is 10.1. The molecule has 4 heteroatoms. The fourth-order valence-corrected chi connectivity index (χ4v) is 1.75. The van der Waals surface area contributed by atoms with Gasteiger partial charge >= 0.3 is 5.97 Å². The summed E-state index contributed by atoms with van der Waals surface area (Å²) in [5.41, 5.74) is 0. The van der Waals surface area contributed by atoms with E-state index in [1.807, 2.05) is 4.90 Å². The van der Waals surface area contributed by atoms with Gasteiger partial charge in [-0.15, -0.1) is 0 Å². The Hall–Kier alpha value is -1.06. The lowest BCUT2D eigenvalue weighted by Crippen LogP contribution is -2.36. The fraction of sp³-hybridized carbons (Fsp3) is 0.818. The van der Waals surface area contributed by atoms with Gasteiger partial charge in [-0.1, -0.05) is 0 Å². The summed E-state index contributed by atoms with van der Waals surface area (Å²) in [5, 5.41) is 0. The van der Waals surface area contributed by atoms with E-state index in [9.17, 15) is 9.59 Å². The fourth-order valence-electron chi connectivity index (χ4n) is 1.75. The van der Waals surface area contributed by atoms with E-state index in [2.05, 4.69) is 0 Å². The molecule has 0 N–H and O–H groups in total. The van der Waals surface area contributed by atoms with Gasteiger partial charge in [0.05, 0.1) is 6.61 Å². The van der Waals surface area contributed by atoms with Crippen molar-refractivity contribution < 1.29 is 14.3 Å². The van der Waals surface area contributed by atoms with Crippen LogP contribution in [0.4, 0.5) is 0 Å². The van der Waals surface area contributed by atoms with Crippen molar-refractivity contribution in [3.63, 3.8) is 0 Å². The van der Waals surface area contributed by atoms with E-state index >= 15 is 0 Å². The molecule has 1 amide bonds. The molecular formula is C11H19NO3. The number of carbonyl (C=O) groups is 2. The van der Waals surface area contributed by atoms with E-state index in [0.29, 0.717) is 32.4 Å². The standard InChI is InChI=1S/C11H19NO3/c1-2-15-11(14)7-5-9-12-8-4-3-6-10(12)13/h2-9H2,1H3. The first kappa shape index (κ1) is 12.0. The van der Waals surface area contributed by atoms with Crippen LogP contribution in [0.3, 0.4) is 0 Å². The number of amides is 1. The van der Waals surface area contributed by atoms with Gasteiger partial charge < -0.3 is 9.64 Å². The second-order valence-corrected chi connectivity index (χ2v) is 3.75. The van der Waals surface area contributed by atoms with E-state index < -0.39 is 0 Å². The number of hydrogen-bond acceptors (Lipinski definition) is 3. The van der Waals surface area contributed by atoms with Crippen LogP contribution in [0.25, 0.3) is 0 Å². The van der Waals surface area contributed by atoms with Crippen LogP contribution in [-0.2, 0) is 14.3 Å². The van der Waals surface area contributed by atoms with Crippen molar-refractivity contribution in [1.29, 1.82) is 0 Å². The average molecular weight is 213 g/mol. The summed E-state index contributed by atoms with van der Waals surface area (Å²) in [6.45, 7) is 3.77. The topological polar surface area (TPSA) is 46.6 Å². The zero-order chi connectivity index (χ0) is 11.1. The second-order valence-electron chi connectivity index (χ2n) is 3.75. The van der Waals surface area contributed by atoms with Gasteiger partial charge in [-0.25, -0.2) is 0 Å². The molecule has 0 saturated carbocycles. The first-order valence-corrected chi connectivity index (χ1v) is 5.67. The number of rotatable bonds is 5. The lowest BCUT2D eigenvalue weighted by Gasteiger charge is -2.26. The first-order valence-electron chi connectivity index (χ1n) is 5.67. The highest BCUT2D eigenvalue weighted by molar-refractivity contribution is 5.76. The molecule has 1 aliphatic heterocycles. The van der Waals surface area contributed by atoms with E-state index in [4.69, 9.17) is 4.74 Å². The maximum absolute atomic E-state index is 11.4. The molecule has 1 saturated heterocycles. The summed E-state index contributed by atoms with van der Waals surface area (Å²) in [6, 6.07) is 0. The Labute approximate surface area is 90.6 Å². The lowest BCUT2D eigenvalue weighted by molar-refractivity contribution is -0.144. The van der Waals surface area contributed by atoms with Gasteiger partial charge in [-0.05, 0) is 26.2 Å². The number of ether oxygens (including phenoxy) is 1. The van der Waals surface area contributed by atoms with E-state index in [-0.39, 0.29) is 11.9 Å². The third-order valence-corrected chi connectivity index (χ3v) is 2.54. The average Bonchev–Trinajstić information content (AvgIpc) is 2.21. The number of piperidine rings is 1. The maximum atomic E-state index is 11.4. The molecule has 0 bridgehead atoms. The summed E-state index contributed by atoms with van der Waals surface area (Å²) in [6.07, 6.45) is 3.89. The van der Waals surface area contributed by atoms with Crippen molar-refractivity contribution in [2.45, 2.75) is 39.0 Å². The maximum Gasteiger partial charge on any atom is 0.305 e. The molecule has 4 nitrogen and oxygen atoms in total. The molecule has 0 spiro atoms. The first-order chi connectivity index (χ1) is 7.24. The molecule has 15 heavy (non-hydrogen) atoms. The van der Waals surface area contributed by atoms with Crippen molar-refractivity contribution in [3.05, 3.63) is 0 Å².